The molecule has 1 fully saturated rings. The molecule has 1 saturated heterocycles. The third-order valence-corrected chi connectivity index (χ3v) is 4.81. The molecule has 1 aromatic rings. The van der Waals surface area contributed by atoms with Gasteiger partial charge in [-0.1, -0.05) is 0 Å². The van der Waals surface area contributed by atoms with Crippen molar-refractivity contribution in [1.29, 1.82) is 0 Å². The number of hydrogen-bond donors (Lipinski definition) is 1. The molecule has 0 spiro atoms. The Morgan fingerprint density at radius 1 is 1.55 bits per heavy atom. The zero-order valence-corrected chi connectivity index (χ0v) is 14.3. The van der Waals surface area contributed by atoms with Crippen LogP contribution in [0.15, 0.2) is 10.5 Å². The molecule has 0 saturated carbocycles. The number of carbonyl (C=O) groups is 1. The van der Waals surface area contributed by atoms with Crippen molar-refractivity contribution in [1.82, 2.24) is 15.2 Å². The number of rotatable bonds is 4. The molecule has 0 aliphatic carbocycles. The summed E-state index contributed by atoms with van der Waals surface area (Å²) in [6.45, 7) is 6.70. The Morgan fingerprint density at radius 2 is 2.27 bits per heavy atom. The highest BCUT2D eigenvalue weighted by Crippen LogP contribution is 2.19. The maximum Gasteiger partial charge on any atom is 0.309 e. The first-order valence-corrected chi connectivity index (χ1v) is 8.54. The van der Waals surface area contributed by atoms with E-state index in [1.165, 1.54) is 4.88 Å². The molecule has 7 heteroatoms. The van der Waals surface area contributed by atoms with Crippen molar-refractivity contribution in [3.05, 3.63) is 16.1 Å². The van der Waals surface area contributed by atoms with Gasteiger partial charge in [-0.2, -0.15) is 0 Å². The van der Waals surface area contributed by atoms with Crippen molar-refractivity contribution in [2.45, 2.75) is 33.2 Å². The van der Waals surface area contributed by atoms with E-state index in [-0.39, 0.29) is 11.9 Å². The van der Waals surface area contributed by atoms with Crippen LogP contribution < -0.4 is 5.32 Å². The maximum atomic E-state index is 11.8. The predicted molar refractivity (Wildman–Crippen MR) is 88.0 cm³/mol. The highest BCUT2D eigenvalue weighted by Gasteiger charge is 2.27. The largest absolute Gasteiger partial charge is 0.466 e. The van der Waals surface area contributed by atoms with Crippen LogP contribution in [0.4, 0.5) is 0 Å². The fourth-order valence-corrected chi connectivity index (χ4v) is 3.29. The third-order valence-electron chi connectivity index (χ3n) is 3.88. The summed E-state index contributed by atoms with van der Waals surface area (Å²) >= 11 is 1.65. The lowest BCUT2D eigenvalue weighted by molar-refractivity contribution is -0.149. The number of aryl methyl sites for hydroxylation is 1. The Hall–Kier alpha value is -1.63. The van der Waals surface area contributed by atoms with Crippen molar-refractivity contribution < 1.29 is 9.53 Å². The summed E-state index contributed by atoms with van der Waals surface area (Å²) in [5.74, 6) is 0.846. The minimum Gasteiger partial charge on any atom is -0.466 e. The van der Waals surface area contributed by atoms with Crippen LogP contribution in [0.1, 0.15) is 30.3 Å². The number of hydrogen-bond acceptors (Lipinski definition) is 5. The molecule has 2 heterocycles. The minimum atomic E-state index is -0.0645. The fourth-order valence-electron chi connectivity index (χ4n) is 2.57. The van der Waals surface area contributed by atoms with Crippen molar-refractivity contribution >= 4 is 23.3 Å². The molecule has 0 radical (unpaired) electrons. The average molecular weight is 324 g/mol. The predicted octanol–water partition coefficient (Wildman–Crippen LogP) is 1.80. The van der Waals surface area contributed by atoms with E-state index in [1.807, 2.05) is 19.4 Å². The summed E-state index contributed by atoms with van der Waals surface area (Å²) in [5, 5.41) is 3.38. The Balaban J connectivity index is 1.83. The molecule has 1 aromatic heterocycles. The lowest BCUT2D eigenvalue weighted by atomic mass is 9.97. The number of aromatic nitrogens is 1. The van der Waals surface area contributed by atoms with Crippen LogP contribution in [-0.2, 0) is 16.1 Å². The van der Waals surface area contributed by atoms with Gasteiger partial charge in [0, 0.05) is 25.0 Å². The highest BCUT2D eigenvalue weighted by atomic mass is 32.1. The molecule has 22 heavy (non-hydrogen) atoms. The topological polar surface area (TPSA) is 66.8 Å². The van der Waals surface area contributed by atoms with Crippen molar-refractivity contribution in [2.75, 3.05) is 26.7 Å². The quantitative estimate of drug-likeness (QED) is 0.520. The zero-order valence-electron chi connectivity index (χ0n) is 13.5. The molecule has 0 atom stereocenters. The van der Waals surface area contributed by atoms with Crippen molar-refractivity contribution in [2.24, 2.45) is 10.9 Å². The van der Waals surface area contributed by atoms with Crippen LogP contribution in [0, 0.1) is 12.8 Å². The number of piperidine rings is 1. The number of thiazole rings is 1. The second-order valence-electron chi connectivity index (χ2n) is 5.28. The molecule has 1 aliphatic heterocycles. The van der Waals surface area contributed by atoms with Crippen LogP contribution >= 0.6 is 11.3 Å². The van der Waals surface area contributed by atoms with Crippen molar-refractivity contribution in [3.8, 4) is 0 Å². The van der Waals surface area contributed by atoms with E-state index < -0.39 is 0 Å². The first-order valence-electron chi connectivity index (χ1n) is 7.66. The molecule has 0 aromatic carbocycles. The van der Waals surface area contributed by atoms with Crippen LogP contribution in [0.25, 0.3) is 0 Å². The van der Waals surface area contributed by atoms with Crippen molar-refractivity contribution in [3.63, 3.8) is 0 Å². The number of ether oxygens (including phenoxy) is 1. The number of nitrogens with zero attached hydrogens (tertiary/aromatic N) is 3. The number of guanidine groups is 1. The van der Waals surface area contributed by atoms with Gasteiger partial charge in [0.05, 0.1) is 30.3 Å². The van der Waals surface area contributed by atoms with Gasteiger partial charge < -0.3 is 15.0 Å². The average Bonchev–Trinajstić information content (AvgIpc) is 2.94. The molecule has 0 unspecified atom stereocenters. The second-order valence-corrected chi connectivity index (χ2v) is 6.21. The first-order chi connectivity index (χ1) is 10.7. The summed E-state index contributed by atoms with van der Waals surface area (Å²) in [6, 6.07) is 0. The SMILES string of the molecule is CCOC(=O)C1CCN(C(=NC)NCc2scnc2C)CC1. The number of esters is 1. The monoisotopic (exact) mass is 324 g/mol. The van der Waals surface area contributed by atoms with E-state index in [0.717, 1.165) is 44.1 Å². The van der Waals surface area contributed by atoms with E-state index in [1.54, 1.807) is 18.4 Å². The Kier molecular flexibility index (Phi) is 6.18. The third kappa shape index (κ3) is 4.19. The second kappa shape index (κ2) is 8.12. The zero-order chi connectivity index (χ0) is 15.9. The number of nitrogens with one attached hydrogen (secondary N) is 1. The van der Waals surface area contributed by atoms with Crippen LogP contribution in [0.2, 0.25) is 0 Å². The normalized spacial score (nSPS) is 16.7. The molecule has 1 aliphatic rings. The van der Waals surface area contributed by atoms with Gasteiger partial charge in [0.2, 0.25) is 0 Å². The molecule has 0 bridgehead atoms. The molecule has 1 N–H and O–H groups in total. The first kappa shape index (κ1) is 16.7. The van der Waals surface area contributed by atoms with Crippen LogP contribution in [0.3, 0.4) is 0 Å². The van der Waals surface area contributed by atoms with Gasteiger partial charge in [-0.15, -0.1) is 11.3 Å². The van der Waals surface area contributed by atoms with E-state index >= 15 is 0 Å². The summed E-state index contributed by atoms with van der Waals surface area (Å²) in [5.41, 5.74) is 2.92. The summed E-state index contributed by atoms with van der Waals surface area (Å²) in [7, 11) is 1.79. The van der Waals surface area contributed by atoms with E-state index in [9.17, 15) is 4.79 Å². The van der Waals surface area contributed by atoms with Gasteiger partial charge in [0.1, 0.15) is 0 Å². The van der Waals surface area contributed by atoms with Gasteiger partial charge in [0.15, 0.2) is 5.96 Å². The van der Waals surface area contributed by atoms with E-state index in [4.69, 9.17) is 4.74 Å². The molecular weight excluding hydrogens is 300 g/mol. The molecule has 122 valence electrons. The smallest absolute Gasteiger partial charge is 0.309 e. The number of likely N-dealkylation sites (tertiary alicyclic amines) is 1. The van der Waals surface area contributed by atoms with Gasteiger partial charge in [0.25, 0.3) is 0 Å². The van der Waals surface area contributed by atoms with Crippen LogP contribution in [0.5, 0.6) is 0 Å². The summed E-state index contributed by atoms with van der Waals surface area (Å²) in [6.07, 6.45) is 1.64. The Bertz CT molecular complexity index is 521. The Morgan fingerprint density at radius 3 is 2.82 bits per heavy atom. The van der Waals surface area contributed by atoms with E-state index in [2.05, 4.69) is 20.2 Å². The maximum absolute atomic E-state index is 11.8. The lowest BCUT2D eigenvalue weighted by Crippen LogP contribution is -2.46. The van der Waals surface area contributed by atoms with E-state index in [0.29, 0.717) is 6.61 Å². The Labute approximate surface area is 135 Å². The molecule has 2 rings (SSSR count). The van der Waals surface area contributed by atoms with Gasteiger partial charge in [-0.25, -0.2) is 4.98 Å². The lowest BCUT2D eigenvalue weighted by Gasteiger charge is -2.33. The molecule has 0 amide bonds. The molecular formula is C15H24N4O2S. The summed E-state index contributed by atoms with van der Waals surface area (Å²) in [4.78, 5) is 23.8. The summed E-state index contributed by atoms with van der Waals surface area (Å²) < 4.78 is 5.10. The van der Waals surface area contributed by atoms with Crippen LogP contribution in [-0.4, -0.2) is 48.6 Å². The standard InChI is InChI=1S/C15H24N4O2S/c1-4-21-14(20)12-5-7-19(8-6-12)15(16-3)17-9-13-11(2)18-10-22-13/h10,12H,4-9H2,1-3H3,(H,16,17). The highest BCUT2D eigenvalue weighted by molar-refractivity contribution is 7.09. The molecule has 6 nitrogen and oxygen atoms in total. The van der Waals surface area contributed by atoms with Gasteiger partial charge in [-0.3, -0.25) is 9.79 Å². The van der Waals surface area contributed by atoms with Gasteiger partial charge >= 0.3 is 5.97 Å². The van der Waals surface area contributed by atoms with Gasteiger partial charge in [-0.05, 0) is 26.7 Å². The fraction of sp³-hybridized carbons (Fsp3) is 0.667. The number of aliphatic imine (C=N–C) groups is 1. The number of carbonyl (C=O) groups excluding carboxylic acids is 1. The minimum absolute atomic E-state index is 0.0260.